The topological polar surface area (TPSA) is 88.1 Å². The average molecular weight is 824 g/mol. The molecule has 0 saturated heterocycles. The molecule has 0 bridgehead atoms. The van der Waals surface area contributed by atoms with Gasteiger partial charge in [-0.15, -0.1) is 0 Å². The fourth-order valence-electron chi connectivity index (χ4n) is 6.38. The molecule has 0 radical (unpaired) electrons. The third-order valence-electron chi connectivity index (χ3n) is 9.64. The van der Waals surface area contributed by atoms with Gasteiger partial charge in [0, 0.05) is 0 Å². The molecule has 1 aromatic carbocycles. The van der Waals surface area contributed by atoms with Gasteiger partial charge < -0.3 is 0 Å². The second kappa shape index (κ2) is 32.8. The van der Waals surface area contributed by atoms with Crippen LogP contribution in [-0.2, 0) is 23.6 Å². The third kappa shape index (κ3) is 25.0. The number of benzene rings is 1. The van der Waals surface area contributed by atoms with Crippen molar-refractivity contribution in [3.63, 3.8) is 0 Å². The number of carbonyl (C=O) groups is 3. The van der Waals surface area contributed by atoms with Gasteiger partial charge in [0.1, 0.15) is 0 Å². The number of rotatable bonds is 35. The molecule has 1 rings (SSSR count). The van der Waals surface area contributed by atoms with E-state index in [9.17, 15) is 14.4 Å². The molecule has 0 heterocycles. The Bertz CT molecular complexity index is 908. The van der Waals surface area contributed by atoms with E-state index in [1.807, 2.05) is 0 Å². The molecule has 0 N–H and O–H groups in total. The van der Waals surface area contributed by atoms with E-state index in [1.165, 1.54) is 116 Å². The Morgan fingerprint density at radius 2 is 0.667 bits per heavy atom. The molecule has 0 aliphatic rings. The molecule has 7 nitrogen and oxygen atoms in total. The molecule has 0 atom stereocenters. The van der Waals surface area contributed by atoms with Gasteiger partial charge in [-0.1, -0.05) is 20.8 Å². The van der Waals surface area contributed by atoms with Crippen molar-refractivity contribution >= 4 is 41.1 Å². The summed E-state index contributed by atoms with van der Waals surface area (Å²) in [4.78, 5) is 40.2. The molecule has 51 heavy (non-hydrogen) atoms. The second-order valence-corrected chi connectivity index (χ2v) is 21.0. The van der Waals surface area contributed by atoms with Crippen LogP contribution in [0, 0.1) is 0 Å². The van der Waals surface area contributed by atoms with Crippen molar-refractivity contribution in [1.82, 2.24) is 0 Å². The van der Waals surface area contributed by atoms with Crippen LogP contribution in [0.3, 0.4) is 0 Å². The van der Waals surface area contributed by atoms with Gasteiger partial charge in [0.05, 0.1) is 0 Å². The van der Waals surface area contributed by atoms with Crippen LogP contribution in [0.1, 0.15) is 213 Å². The van der Waals surface area contributed by atoms with Crippen LogP contribution in [-0.4, -0.2) is 44.6 Å². The Morgan fingerprint density at radius 1 is 0.412 bits per heavy atom. The zero-order chi connectivity index (χ0) is 37.3. The predicted octanol–water partition coefficient (Wildman–Crippen LogP) is 12.2. The van der Waals surface area contributed by atoms with Crippen molar-refractivity contribution in [3.05, 3.63) is 24.3 Å². The molecule has 0 aromatic heterocycles. The van der Waals surface area contributed by atoms with E-state index in [4.69, 9.17) is 14.0 Å². The normalized spacial score (nSPS) is 11.4. The SMILES string of the molecule is CCCCCCCCCCCC(=O)[O][Sn]([O]C(=O)CCCCCCCCCCC)([O]C(=O)CCCCCCCCCCC)[c]1ccc(OC)cc1. The van der Waals surface area contributed by atoms with Crippen LogP contribution in [0.25, 0.3) is 0 Å². The van der Waals surface area contributed by atoms with Crippen LogP contribution < -0.4 is 8.32 Å². The Labute approximate surface area is 318 Å². The third-order valence-corrected chi connectivity index (χ3v) is 16.9. The van der Waals surface area contributed by atoms with Crippen LogP contribution in [0.15, 0.2) is 24.3 Å². The van der Waals surface area contributed by atoms with E-state index >= 15 is 0 Å². The number of hydrogen-bond acceptors (Lipinski definition) is 7. The quantitative estimate of drug-likeness (QED) is 0.0497. The van der Waals surface area contributed by atoms with Gasteiger partial charge in [-0.25, -0.2) is 0 Å². The monoisotopic (exact) mass is 824 g/mol. The number of carbonyl (C=O) groups excluding carboxylic acids is 3. The zero-order valence-electron chi connectivity index (χ0n) is 33.4. The molecule has 0 amide bonds. The van der Waals surface area contributed by atoms with Crippen molar-refractivity contribution in [2.75, 3.05) is 7.11 Å². The van der Waals surface area contributed by atoms with E-state index in [-0.39, 0.29) is 19.3 Å². The summed E-state index contributed by atoms with van der Waals surface area (Å²) in [5, 5.41) is 0. The van der Waals surface area contributed by atoms with Gasteiger partial charge in [0.25, 0.3) is 0 Å². The van der Waals surface area contributed by atoms with Gasteiger partial charge in [-0.2, -0.15) is 0 Å². The van der Waals surface area contributed by atoms with E-state index in [0.29, 0.717) is 28.6 Å². The minimum absolute atomic E-state index is 0.205. The van der Waals surface area contributed by atoms with Crippen LogP contribution >= 0.6 is 0 Å². The molecule has 0 saturated carbocycles. The molecule has 0 unspecified atom stereocenters. The number of ether oxygens (including phenoxy) is 1. The van der Waals surface area contributed by atoms with Crippen LogP contribution in [0.5, 0.6) is 5.75 Å². The summed E-state index contributed by atoms with van der Waals surface area (Å²) in [6, 6.07) is 6.91. The van der Waals surface area contributed by atoms with Crippen molar-refractivity contribution in [2.45, 2.75) is 213 Å². The summed E-state index contributed by atoms with van der Waals surface area (Å²) in [6.07, 6.45) is 31.2. The summed E-state index contributed by atoms with van der Waals surface area (Å²) < 4.78 is 24.3. The molecule has 0 aliphatic carbocycles. The van der Waals surface area contributed by atoms with E-state index in [0.717, 1.165) is 38.5 Å². The minimum atomic E-state index is -5.31. The molecular formula is C43H76O7Sn. The standard InChI is InChI=1S/3C12H24O2.C7H7O.Sn/c3*1-2-3-4-5-6-7-8-9-10-11-12(13)14;1-8-7-5-3-2-4-6-7;/h3*2-11H2,1H3,(H,13,14);3-6H,1H3;/q;;;;+3/p-3. The van der Waals surface area contributed by atoms with E-state index < -0.39 is 37.5 Å². The molecule has 0 spiro atoms. The number of methoxy groups -OCH3 is 1. The second-order valence-electron chi connectivity index (χ2n) is 14.4. The van der Waals surface area contributed by atoms with Gasteiger partial charge in [0.2, 0.25) is 0 Å². The summed E-state index contributed by atoms with van der Waals surface area (Å²) in [7, 11) is 1.58. The van der Waals surface area contributed by atoms with Gasteiger partial charge >= 0.3 is 299 Å². The first-order valence-corrected chi connectivity index (χ1v) is 26.1. The first-order valence-electron chi connectivity index (χ1n) is 21.2. The molecule has 0 aliphatic heterocycles. The average Bonchev–Trinajstić information content (AvgIpc) is 3.12. The Hall–Kier alpha value is -1.77. The summed E-state index contributed by atoms with van der Waals surface area (Å²) in [5.41, 5.74) is 0. The predicted molar refractivity (Wildman–Crippen MR) is 212 cm³/mol. The summed E-state index contributed by atoms with van der Waals surface area (Å²) in [6.45, 7) is 6.68. The van der Waals surface area contributed by atoms with Crippen LogP contribution in [0.2, 0.25) is 0 Å². The number of unbranched alkanes of at least 4 members (excludes halogenated alkanes) is 24. The molecular weight excluding hydrogens is 747 g/mol. The summed E-state index contributed by atoms with van der Waals surface area (Å²) in [5.74, 6) is -0.772. The maximum absolute atomic E-state index is 13.4. The molecule has 0 fully saturated rings. The molecule has 1 aromatic rings. The zero-order valence-corrected chi connectivity index (χ0v) is 36.2. The van der Waals surface area contributed by atoms with Crippen molar-refractivity contribution < 1.29 is 28.3 Å². The fraction of sp³-hybridized carbons (Fsp3) is 0.791. The fourth-order valence-corrected chi connectivity index (χ4v) is 12.8. The first kappa shape index (κ1) is 47.2. The van der Waals surface area contributed by atoms with Gasteiger partial charge in [-0.3, -0.25) is 0 Å². The van der Waals surface area contributed by atoms with Gasteiger partial charge in [-0.05, 0) is 0 Å². The van der Waals surface area contributed by atoms with Crippen molar-refractivity contribution in [1.29, 1.82) is 0 Å². The van der Waals surface area contributed by atoms with Gasteiger partial charge in [0.15, 0.2) is 0 Å². The first-order chi connectivity index (χ1) is 24.9. The molecule has 8 heteroatoms. The van der Waals surface area contributed by atoms with E-state index in [2.05, 4.69) is 20.8 Å². The molecule has 294 valence electrons. The van der Waals surface area contributed by atoms with Crippen molar-refractivity contribution in [2.24, 2.45) is 0 Å². The van der Waals surface area contributed by atoms with Crippen molar-refractivity contribution in [3.8, 4) is 5.75 Å². The number of hydrogen-bond donors (Lipinski definition) is 0. The Morgan fingerprint density at radius 3 is 0.922 bits per heavy atom. The summed E-state index contributed by atoms with van der Waals surface area (Å²) >= 11 is -5.31. The van der Waals surface area contributed by atoms with E-state index in [1.54, 1.807) is 31.4 Å². The van der Waals surface area contributed by atoms with Crippen LogP contribution in [0.4, 0.5) is 0 Å². The Balaban J connectivity index is 2.91. The maximum atomic E-state index is 13.4. The Kier molecular flexibility index (Phi) is 30.4.